The van der Waals surface area contributed by atoms with Crippen LogP contribution in [0.25, 0.3) is 11.6 Å². The first kappa shape index (κ1) is 16.2. The molecule has 0 bridgehead atoms. The van der Waals surface area contributed by atoms with Gasteiger partial charge in [-0.15, -0.1) is 11.8 Å². The molecule has 24 heavy (non-hydrogen) atoms. The lowest BCUT2D eigenvalue weighted by Gasteiger charge is -2.11. The van der Waals surface area contributed by atoms with Crippen LogP contribution in [0.1, 0.15) is 16.1 Å². The summed E-state index contributed by atoms with van der Waals surface area (Å²) in [6.07, 6.45) is 3.38. The molecule has 0 saturated heterocycles. The summed E-state index contributed by atoms with van der Waals surface area (Å²) in [5.74, 6) is 0.272. The number of furan rings is 1. The van der Waals surface area contributed by atoms with Crippen molar-refractivity contribution in [3.8, 4) is 11.6 Å². The molecule has 1 aromatic carbocycles. The number of carbonyl (C=O) groups is 1. The van der Waals surface area contributed by atoms with Crippen LogP contribution in [0.4, 0.5) is 10.1 Å². The standard InChI is InChI=1S/C17H14FN3O2S/c1-10-14(16(22)20-12-7-5-11(18)6-8-12)17(24-2)21-15(19-10)13-4-3-9-23-13/h3-9H,1-2H3,(H,20,22). The van der Waals surface area contributed by atoms with Crippen molar-refractivity contribution < 1.29 is 13.6 Å². The van der Waals surface area contributed by atoms with Crippen LogP contribution in [0.3, 0.4) is 0 Å². The normalized spacial score (nSPS) is 10.6. The maximum Gasteiger partial charge on any atom is 0.260 e. The Bertz CT molecular complexity index is 864. The number of amides is 1. The fourth-order valence-corrected chi connectivity index (χ4v) is 2.82. The van der Waals surface area contributed by atoms with Gasteiger partial charge in [-0.05, 0) is 49.6 Å². The van der Waals surface area contributed by atoms with Crippen molar-refractivity contribution in [2.45, 2.75) is 11.9 Å². The van der Waals surface area contributed by atoms with Gasteiger partial charge in [0, 0.05) is 5.69 Å². The number of benzene rings is 1. The Kier molecular flexibility index (Phi) is 4.61. The molecule has 0 unspecified atom stereocenters. The molecular weight excluding hydrogens is 329 g/mol. The summed E-state index contributed by atoms with van der Waals surface area (Å²) in [5.41, 5.74) is 1.44. The molecule has 0 aliphatic heterocycles. The van der Waals surface area contributed by atoms with Gasteiger partial charge in [-0.1, -0.05) is 0 Å². The SMILES string of the molecule is CSc1nc(-c2ccco2)nc(C)c1C(=O)Nc1ccc(F)cc1. The third kappa shape index (κ3) is 3.30. The summed E-state index contributed by atoms with van der Waals surface area (Å²) in [4.78, 5) is 21.3. The van der Waals surface area contributed by atoms with Crippen LogP contribution in [0.2, 0.25) is 0 Å². The van der Waals surface area contributed by atoms with Crippen LogP contribution in [-0.4, -0.2) is 22.1 Å². The van der Waals surface area contributed by atoms with Gasteiger partial charge in [-0.2, -0.15) is 0 Å². The lowest BCUT2D eigenvalue weighted by atomic mass is 10.2. The molecule has 0 spiro atoms. The molecular formula is C17H14FN3O2S. The number of anilines is 1. The zero-order valence-corrected chi connectivity index (χ0v) is 13.9. The van der Waals surface area contributed by atoms with E-state index < -0.39 is 0 Å². The van der Waals surface area contributed by atoms with E-state index in [0.29, 0.717) is 33.6 Å². The van der Waals surface area contributed by atoms with E-state index in [9.17, 15) is 9.18 Å². The van der Waals surface area contributed by atoms with Crippen molar-refractivity contribution in [1.29, 1.82) is 0 Å². The monoisotopic (exact) mass is 343 g/mol. The largest absolute Gasteiger partial charge is 0.461 e. The minimum absolute atomic E-state index is 0.338. The maximum absolute atomic E-state index is 13.0. The molecule has 3 rings (SSSR count). The Morgan fingerprint density at radius 2 is 1.96 bits per heavy atom. The van der Waals surface area contributed by atoms with E-state index in [4.69, 9.17) is 4.42 Å². The number of rotatable bonds is 4. The number of halogens is 1. The summed E-state index contributed by atoms with van der Waals surface area (Å²) in [6.45, 7) is 1.74. The van der Waals surface area contributed by atoms with Crippen molar-refractivity contribution in [2.24, 2.45) is 0 Å². The van der Waals surface area contributed by atoms with Gasteiger partial charge in [-0.25, -0.2) is 14.4 Å². The van der Waals surface area contributed by atoms with Crippen LogP contribution in [-0.2, 0) is 0 Å². The number of hydrogen-bond acceptors (Lipinski definition) is 5. The highest BCUT2D eigenvalue weighted by molar-refractivity contribution is 7.98. The molecule has 5 nitrogen and oxygen atoms in total. The summed E-state index contributed by atoms with van der Waals surface area (Å²) in [7, 11) is 0. The Labute approximate surface area is 142 Å². The van der Waals surface area contributed by atoms with Crippen LogP contribution >= 0.6 is 11.8 Å². The number of aryl methyl sites for hydroxylation is 1. The van der Waals surface area contributed by atoms with Gasteiger partial charge >= 0.3 is 0 Å². The minimum atomic E-state index is -0.361. The van der Waals surface area contributed by atoms with Crippen LogP contribution in [0.15, 0.2) is 52.1 Å². The van der Waals surface area contributed by atoms with E-state index in [1.807, 2.05) is 6.26 Å². The number of thioether (sulfide) groups is 1. The first-order chi connectivity index (χ1) is 11.6. The number of carbonyl (C=O) groups excluding carboxylic acids is 1. The molecule has 7 heteroatoms. The highest BCUT2D eigenvalue weighted by Gasteiger charge is 2.20. The number of nitrogens with zero attached hydrogens (tertiary/aromatic N) is 2. The van der Waals surface area contributed by atoms with E-state index >= 15 is 0 Å². The second-order valence-corrected chi connectivity index (χ2v) is 5.75. The van der Waals surface area contributed by atoms with Crippen molar-refractivity contribution in [2.75, 3.05) is 11.6 Å². The fourth-order valence-electron chi connectivity index (χ4n) is 2.20. The molecule has 3 aromatic rings. The molecule has 0 aliphatic carbocycles. The smallest absolute Gasteiger partial charge is 0.260 e. The molecule has 1 N–H and O–H groups in total. The summed E-state index contributed by atoms with van der Waals surface area (Å²) >= 11 is 1.35. The summed E-state index contributed by atoms with van der Waals surface area (Å²) in [6, 6.07) is 9.08. The molecule has 122 valence electrons. The van der Waals surface area contributed by atoms with Gasteiger partial charge < -0.3 is 9.73 Å². The van der Waals surface area contributed by atoms with Crippen molar-refractivity contribution in [1.82, 2.24) is 9.97 Å². The van der Waals surface area contributed by atoms with E-state index in [-0.39, 0.29) is 11.7 Å². The first-order valence-corrected chi connectivity index (χ1v) is 8.34. The van der Waals surface area contributed by atoms with Crippen molar-refractivity contribution >= 4 is 23.4 Å². The predicted octanol–water partition coefficient (Wildman–Crippen LogP) is 4.16. The quantitative estimate of drug-likeness (QED) is 0.569. The highest BCUT2D eigenvalue weighted by Crippen LogP contribution is 2.26. The number of hydrogen-bond donors (Lipinski definition) is 1. The molecule has 0 fully saturated rings. The molecule has 2 heterocycles. The van der Waals surface area contributed by atoms with Crippen LogP contribution in [0.5, 0.6) is 0 Å². The van der Waals surface area contributed by atoms with Gasteiger partial charge in [0.1, 0.15) is 10.8 Å². The molecule has 2 aromatic heterocycles. The Hall–Kier alpha value is -2.67. The Balaban J connectivity index is 1.94. The van der Waals surface area contributed by atoms with Crippen molar-refractivity contribution in [3.05, 3.63) is 59.7 Å². The molecule has 0 radical (unpaired) electrons. The average Bonchev–Trinajstić information content (AvgIpc) is 3.10. The van der Waals surface area contributed by atoms with Crippen LogP contribution in [0, 0.1) is 12.7 Å². The average molecular weight is 343 g/mol. The van der Waals surface area contributed by atoms with Gasteiger partial charge in [0.2, 0.25) is 0 Å². The van der Waals surface area contributed by atoms with Gasteiger partial charge in [-0.3, -0.25) is 4.79 Å². The van der Waals surface area contributed by atoms with Crippen molar-refractivity contribution in [3.63, 3.8) is 0 Å². The topological polar surface area (TPSA) is 68.0 Å². The molecule has 1 amide bonds. The van der Waals surface area contributed by atoms with Crippen LogP contribution < -0.4 is 5.32 Å². The molecule has 0 aliphatic rings. The van der Waals surface area contributed by atoms with E-state index in [1.165, 1.54) is 36.0 Å². The van der Waals surface area contributed by atoms with E-state index in [0.717, 1.165) is 0 Å². The third-order valence-corrected chi connectivity index (χ3v) is 4.00. The first-order valence-electron chi connectivity index (χ1n) is 7.12. The molecule has 0 atom stereocenters. The number of aromatic nitrogens is 2. The fraction of sp³-hybridized carbons (Fsp3) is 0.118. The lowest BCUT2D eigenvalue weighted by Crippen LogP contribution is -2.16. The Morgan fingerprint density at radius 1 is 1.21 bits per heavy atom. The van der Waals surface area contributed by atoms with Gasteiger partial charge in [0.05, 0.1) is 17.5 Å². The zero-order chi connectivity index (χ0) is 17.1. The van der Waals surface area contributed by atoms with E-state index in [2.05, 4.69) is 15.3 Å². The second kappa shape index (κ2) is 6.84. The van der Waals surface area contributed by atoms with Gasteiger partial charge in [0.25, 0.3) is 5.91 Å². The summed E-state index contributed by atoms with van der Waals surface area (Å²) < 4.78 is 18.3. The Morgan fingerprint density at radius 3 is 2.58 bits per heavy atom. The van der Waals surface area contributed by atoms with Gasteiger partial charge in [0.15, 0.2) is 11.6 Å². The predicted molar refractivity (Wildman–Crippen MR) is 90.6 cm³/mol. The third-order valence-electron chi connectivity index (χ3n) is 3.32. The van der Waals surface area contributed by atoms with E-state index in [1.54, 1.807) is 25.3 Å². The highest BCUT2D eigenvalue weighted by atomic mass is 32.2. The summed E-state index contributed by atoms with van der Waals surface area (Å²) in [5, 5.41) is 3.28. The lowest BCUT2D eigenvalue weighted by molar-refractivity contribution is 0.102. The number of nitrogens with one attached hydrogen (secondary N) is 1. The minimum Gasteiger partial charge on any atom is -0.461 e. The second-order valence-electron chi connectivity index (χ2n) is 4.96. The zero-order valence-electron chi connectivity index (χ0n) is 13.0. The molecule has 0 saturated carbocycles. The maximum atomic E-state index is 13.0.